The van der Waals surface area contributed by atoms with Crippen molar-refractivity contribution in [3.63, 3.8) is 0 Å². The van der Waals surface area contributed by atoms with E-state index in [1.807, 2.05) is 11.3 Å². The van der Waals surface area contributed by atoms with Crippen LogP contribution in [-0.4, -0.2) is 13.6 Å². The van der Waals surface area contributed by atoms with E-state index in [1.54, 1.807) is 5.56 Å². The zero-order valence-electron chi connectivity index (χ0n) is 9.70. The summed E-state index contributed by atoms with van der Waals surface area (Å²) < 4.78 is 0. The van der Waals surface area contributed by atoms with Crippen molar-refractivity contribution < 1.29 is 0 Å². The van der Waals surface area contributed by atoms with Crippen LogP contribution in [0.3, 0.4) is 0 Å². The van der Waals surface area contributed by atoms with E-state index in [-0.39, 0.29) is 0 Å². The van der Waals surface area contributed by atoms with Crippen molar-refractivity contribution in [2.24, 2.45) is 11.8 Å². The van der Waals surface area contributed by atoms with Crippen LogP contribution in [0.1, 0.15) is 37.7 Å². The molecular formula is C13H21NS. The summed E-state index contributed by atoms with van der Waals surface area (Å²) in [6.45, 7) is 3.57. The van der Waals surface area contributed by atoms with Gasteiger partial charge in [-0.3, -0.25) is 0 Å². The molecule has 1 saturated carbocycles. The lowest BCUT2D eigenvalue weighted by Crippen LogP contribution is -2.29. The second-order valence-corrected chi connectivity index (χ2v) is 5.68. The molecule has 0 aromatic carbocycles. The number of thiophene rings is 1. The summed E-state index contributed by atoms with van der Waals surface area (Å²) in [7, 11) is 2.07. The first kappa shape index (κ1) is 11.2. The third-order valence-electron chi connectivity index (χ3n) is 3.69. The molecule has 0 spiro atoms. The van der Waals surface area contributed by atoms with Gasteiger partial charge in [0.1, 0.15) is 0 Å². The molecule has 1 N–H and O–H groups in total. The Kier molecular flexibility index (Phi) is 3.81. The van der Waals surface area contributed by atoms with Crippen LogP contribution in [-0.2, 0) is 0 Å². The van der Waals surface area contributed by atoms with Gasteiger partial charge in [0.05, 0.1) is 0 Å². The molecular weight excluding hydrogens is 202 g/mol. The Morgan fingerprint density at radius 2 is 2.33 bits per heavy atom. The fraction of sp³-hybridized carbons (Fsp3) is 0.692. The first-order valence-corrected chi connectivity index (χ1v) is 6.92. The Bertz CT molecular complexity index is 281. The Labute approximate surface area is 96.9 Å². The van der Waals surface area contributed by atoms with Crippen LogP contribution in [0.4, 0.5) is 0 Å². The third kappa shape index (κ3) is 2.61. The van der Waals surface area contributed by atoms with Gasteiger partial charge in [0.15, 0.2) is 0 Å². The van der Waals surface area contributed by atoms with Crippen LogP contribution < -0.4 is 5.32 Å². The summed E-state index contributed by atoms with van der Waals surface area (Å²) in [5.74, 6) is 2.55. The average molecular weight is 223 g/mol. The Balaban J connectivity index is 2.09. The van der Waals surface area contributed by atoms with Gasteiger partial charge in [0.25, 0.3) is 0 Å². The molecule has 1 aromatic rings. The van der Waals surface area contributed by atoms with Crippen molar-refractivity contribution in [3.05, 3.63) is 22.4 Å². The van der Waals surface area contributed by atoms with E-state index < -0.39 is 0 Å². The number of rotatable bonds is 3. The Hall–Kier alpha value is -0.340. The van der Waals surface area contributed by atoms with Crippen molar-refractivity contribution in [2.45, 2.75) is 32.1 Å². The molecule has 1 aromatic heterocycles. The number of nitrogens with one attached hydrogen (secondary N) is 1. The molecule has 0 radical (unpaired) electrons. The molecule has 0 bridgehead atoms. The first-order valence-electron chi connectivity index (χ1n) is 5.98. The topological polar surface area (TPSA) is 12.0 Å². The zero-order valence-corrected chi connectivity index (χ0v) is 10.5. The standard InChI is InChI=1S/C13H21NS/c1-10-3-4-11(8-14-2)13(7-10)12-5-6-15-9-12/h5-6,9-11,13-14H,3-4,7-8H2,1-2H3. The van der Waals surface area contributed by atoms with Crippen LogP contribution in [0, 0.1) is 11.8 Å². The fourth-order valence-corrected chi connectivity index (χ4v) is 3.57. The highest BCUT2D eigenvalue weighted by Crippen LogP contribution is 2.40. The van der Waals surface area contributed by atoms with Gasteiger partial charge in [0.2, 0.25) is 0 Å². The van der Waals surface area contributed by atoms with E-state index in [1.165, 1.54) is 25.8 Å². The minimum Gasteiger partial charge on any atom is -0.319 e. The van der Waals surface area contributed by atoms with Crippen LogP contribution in [0.2, 0.25) is 0 Å². The van der Waals surface area contributed by atoms with Crippen LogP contribution in [0.5, 0.6) is 0 Å². The molecule has 1 nitrogen and oxygen atoms in total. The predicted octanol–water partition coefficient (Wildman–Crippen LogP) is 3.49. The molecule has 2 heteroatoms. The summed E-state index contributed by atoms with van der Waals surface area (Å²) in [6.07, 6.45) is 4.18. The first-order chi connectivity index (χ1) is 7.31. The maximum atomic E-state index is 3.35. The molecule has 1 aliphatic rings. The van der Waals surface area contributed by atoms with E-state index in [2.05, 4.69) is 36.1 Å². The zero-order chi connectivity index (χ0) is 10.7. The highest BCUT2D eigenvalue weighted by atomic mass is 32.1. The molecule has 15 heavy (non-hydrogen) atoms. The predicted molar refractivity (Wildman–Crippen MR) is 67.5 cm³/mol. The summed E-state index contributed by atoms with van der Waals surface area (Å²) in [5, 5.41) is 7.90. The molecule has 1 heterocycles. The lowest BCUT2D eigenvalue weighted by molar-refractivity contribution is 0.245. The summed E-state index contributed by atoms with van der Waals surface area (Å²) in [4.78, 5) is 0. The maximum absolute atomic E-state index is 3.35. The highest BCUT2D eigenvalue weighted by molar-refractivity contribution is 7.07. The third-order valence-corrected chi connectivity index (χ3v) is 4.39. The molecule has 0 aliphatic heterocycles. The molecule has 0 amide bonds. The summed E-state index contributed by atoms with van der Waals surface area (Å²) in [6, 6.07) is 2.32. The second kappa shape index (κ2) is 5.13. The Morgan fingerprint density at radius 1 is 1.47 bits per heavy atom. The summed E-state index contributed by atoms with van der Waals surface area (Å²) in [5.41, 5.74) is 1.58. The van der Waals surface area contributed by atoms with E-state index in [0.29, 0.717) is 0 Å². The van der Waals surface area contributed by atoms with Gasteiger partial charge in [-0.25, -0.2) is 0 Å². The van der Waals surface area contributed by atoms with Gasteiger partial charge in [-0.1, -0.05) is 13.3 Å². The van der Waals surface area contributed by atoms with E-state index in [9.17, 15) is 0 Å². The van der Waals surface area contributed by atoms with Crippen LogP contribution >= 0.6 is 11.3 Å². The van der Waals surface area contributed by atoms with Gasteiger partial charge in [-0.15, -0.1) is 0 Å². The smallest absolute Gasteiger partial charge is 0.00177 e. The SMILES string of the molecule is CNCC1CCC(C)CC1c1ccsc1. The van der Waals surface area contributed by atoms with Gasteiger partial charge in [0, 0.05) is 0 Å². The molecule has 1 aliphatic carbocycles. The van der Waals surface area contributed by atoms with Crippen LogP contribution in [0.25, 0.3) is 0 Å². The maximum Gasteiger partial charge on any atom is -0.00177 e. The van der Waals surface area contributed by atoms with Crippen molar-refractivity contribution in [3.8, 4) is 0 Å². The molecule has 3 atom stereocenters. The van der Waals surface area contributed by atoms with Gasteiger partial charge >= 0.3 is 0 Å². The summed E-state index contributed by atoms with van der Waals surface area (Å²) >= 11 is 1.83. The molecule has 0 saturated heterocycles. The number of hydrogen-bond donors (Lipinski definition) is 1. The minimum atomic E-state index is 0.799. The average Bonchev–Trinajstić information content (AvgIpc) is 2.74. The number of hydrogen-bond acceptors (Lipinski definition) is 2. The van der Waals surface area contributed by atoms with Gasteiger partial charge in [-0.2, -0.15) is 11.3 Å². The second-order valence-electron chi connectivity index (χ2n) is 4.90. The molecule has 84 valence electrons. The lowest BCUT2D eigenvalue weighted by Gasteiger charge is -2.34. The van der Waals surface area contributed by atoms with Crippen molar-refractivity contribution >= 4 is 11.3 Å². The van der Waals surface area contributed by atoms with Crippen LogP contribution in [0.15, 0.2) is 16.8 Å². The fourth-order valence-electron chi connectivity index (χ4n) is 2.84. The van der Waals surface area contributed by atoms with E-state index in [0.717, 1.165) is 17.8 Å². The minimum absolute atomic E-state index is 0.799. The highest BCUT2D eigenvalue weighted by Gasteiger charge is 2.29. The molecule has 1 fully saturated rings. The van der Waals surface area contributed by atoms with E-state index in [4.69, 9.17) is 0 Å². The Morgan fingerprint density at radius 3 is 3.00 bits per heavy atom. The normalized spacial score (nSPS) is 31.7. The van der Waals surface area contributed by atoms with E-state index >= 15 is 0 Å². The van der Waals surface area contributed by atoms with Crippen molar-refractivity contribution in [2.75, 3.05) is 13.6 Å². The molecule has 3 unspecified atom stereocenters. The monoisotopic (exact) mass is 223 g/mol. The van der Waals surface area contributed by atoms with Crippen molar-refractivity contribution in [1.29, 1.82) is 0 Å². The van der Waals surface area contributed by atoms with Crippen molar-refractivity contribution in [1.82, 2.24) is 5.32 Å². The quantitative estimate of drug-likeness (QED) is 0.827. The molecule has 2 rings (SSSR count). The lowest BCUT2D eigenvalue weighted by atomic mass is 9.72. The van der Waals surface area contributed by atoms with Gasteiger partial charge < -0.3 is 5.32 Å². The largest absolute Gasteiger partial charge is 0.319 e. The van der Waals surface area contributed by atoms with Gasteiger partial charge in [-0.05, 0) is 66.6 Å².